The van der Waals surface area contributed by atoms with Crippen LogP contribution in [0.25, 0.3) is 11.0 Å². The molecule has 1 unspecified atom stereocenters. The summed E-state index contributed by atoms with van der Waals surface area (Å²) in [5, 5.41) is 27.2. The quantitative estimate of drug-likeness (QED) is 0.128. The smallest absolute Gasteiger partial charge is 0.335 e. The van der Waals surface area contributed by atoms with Crippen LogP contribution in [-0.2, 0) is 4.79 Å². The molecule has 12 nitrogen and oxygen atoms in total. The van der Waals surface area contributed by atoms with E-state index in [0.717, 1.165) is 43.9 Å². The van der Waals surface area contributed by atoms with Crippen LogP contribution in [0.5, 0.6) is 0 Å². The summed E-state index contributed by atoms with van der Waals surface area (Å²) in [6.45, 7) is 0.338. The van der Waals surface area contributed by atoms with E-state index in [-0.39, 0.29) is 40.4 Å². The second-order valence-electron chi connectivity index (χ2n) is 11.5. The average molecular weight is 626 g/mol. The maximum absolute atomic E-state index is 13.7. The Morgan fingerprint density at radius 3 is 2.09 bits per heavy atom. The van der Waals surface area contributed by atoms with Gasteiger partial charge in [0.05, 0.1) is 45.5 Å². The zero-order valence-corrected chi connectivity index (χ0v) is 25.0. The van der Waals surface area contributed by atoms with Gasteiger partial charge in [-0.25, -0.2) is 14.6 Å². The van der Waals surface area contributed by atoms with Crippen LogP contribution in [0, 0.1) is 5.92 Å². The van der Waals surface area contributed by atoms with Gasteiger partial charge in [0.2, 0.25) is 5.91 Å². The Bertz CT molecular complexity index is 1730. The maximum Gasteiger partial charge on any atom is 0.335 e. The number of amides is 3. The molecule has 1 atom stereocenters. The van der Waals surface area contributed by atoms with E-state index in [9.17, 15) is 34.2 Å². The van der Waals surface area contributed by atoms with Gasteiger partial charge in [-0.2, -0.15) is 0 Å². The summed E-state index contributed by atoms with van der Waals surface area (Å²) in [5.74, 6) is -4.84. The fourth-order valence-corrected chi connectivity index (χ4v) is 5.77. The zero-order valence-electron chi connectivity index (χ0n) is 25.0. The Morgan fingerprint density at radius 2 is 1.43 bits per heavy atom. The van der Waals surface area contributed by atoms with Crippen molar-refractivity contribution in [1.29, 1.82) is 0 Å². The van der Waals surface area contributed by atoms with E-state index in [1.807, 2.05) is 0 Å². The highest BCUT2D eigenvalue weighted by Gasteiger charge is 2.25. The molecule has 1 fully saturated rings. The van der Waals surface area contributed by atoms with Gasteiger partial charge in [0.15, 0.2) is 0 Å². The summed E-state index contributed by atoms with van der Waals surface area (Å²) in [7, 11) is 0. The van der Waals surface area contributed by atoms with Gasteiger partial charge in [-0.15, -0.1) is 0 Å². The van der Waals surface area contributed by atoms with Crippen molar-refractivity contribution in [3.8, 4) is 0 Å². The molecule has 1 aliphatic carbocycles. The minimum atomic E-state index is -1.35. The molecule has 4 aromatic rings. The highest BCUT2D eigenvalue weighted by atomic mass is 16.4. The molecule has 238 valence electrons. The number of aromatic carboxylic acids is 2. The molecule has 0 saturated heterocycles. The first-order valence-electron chi connectivity index (χ1n) is 15.2. The highest BCUT2D eigenvalue weighted by Crippen LogP contribution is 2.24. The van der Waals surface area contributed by atoms with E-state index in [2.05, 4.69) is 25.9 Å². The normalized spacial score (nSPS) is 14.2. The largest absolute Gasteiger partial charge is 0.478 e. The molecule has 3 amide bonds. The van der Waals surface area contributed by atoms with Gasteiger partial charge >= 0.3 is 11.9 Å². The van der Waals surface area contributed by atoms with Crippen molar-refractivity contribution in [1.82, 2.24) is 20.6 Å². The lowest BCUT2D eigenvalue weighted by Gasteiger charge is -2.19. The molecule has 0 radical (unpaired) electrons. The first kappa shape index (κ1) is 31.9. The molecule has 0 aliphatic heterocycles. The third kappa shape index (κ3) is 7.76. The predicted octanol–water partition coefficient (Wildman–Crippen LogP) is 4.81. The van der Waals surface area contributed by atoms with Crippen LogP contribution >= 0.6 is 0 Å². The number of aromatic amines is 1. The van der Waals surface area contributed by atoms with Gasteiger partial charge in [0, 0.05) is 18.8 Å². The van der Waals surface area contributed by atoms with Crippen LogP contribution in [-0.4, -0.2) is 62.9 Å². The highest BCUT2D eigenvalue weighted by molar-refractivity contribution is 6.10. The van der Waals surface area contributed by atoms with Crippen molar-refractivity contribution in [2.45, 2.75) is 44.4 Å². The number of carboxylic acid groups (broad SMARTS) is 2. The second-order valence-corrected chi connectivity index (χ2v) is 11.5. The van der Waals surface area contributed by atoms with Gasteiger partial charge < -0.3 is 31.1 Å². The fourth-order valence-electron chi connectivity index (χ4n) is 5.77. The van der Waals surface area contributed by atoms with E-state index in [1.165, 1.54) is 19.2 Å². The first-order valence-corrected chi connectivity index (χ1v) is 15.2. The maximum atomic E-state index is 13.7. The van der Waals surface area contributed by atoms with Gasteiger partial charge in [-0.1, -0.05) is 56.0 Å². The topological polar surface area (TPSA) is 191 Å². The Morgan fingerprint density at radius 1 is 0.804 bits per heavy atom. The number of nitrogens with zero attached hydrogens (tertiary/aromatic N) is 1. The standard InChI is InChI=1S/C34H35N5O7/c40-30(35-17-20-8-4-1-2-5-9-20)25-15-28-29(38-19-37-28)16-26(25)31(41)36-18-27(21-10-6-3-7-11-21)32(42)39-24-13-22(33(43)44)12-23(14-24)34(45)46/h3,6-7,10-16,19-20,27H,1-2,4-5,8-9,17-18H2,(H,35,40)(H,36,41)(H,37,38)(H,39,42)(H,43,44)(H,45,46). The lowest BCUT2D eigenvalue weighted by Crippen LogP contribution is -2.36. The molecule has 5 rings (SSSR count). The molecule has 0 bridgehead atoms. The number of anilines is 1. The molecule has 1 aromatic heterocycles. The fraction of sp³-hybridized carbons (Fsp3) is 0.294. The number of aromatic nitrogens is 2. The minimum absolute atomic E-state index is 0.0214. The van der Waals surface area contributed by atoms with E-state index in [1.54, 1.807) is 42.5 Å². The van der Waals surface area contributed by atoms with Crippen molar-refractivity contribution in [2.24, 2.45) is 5.92 Å². The number of rotatable bonds is 11. The van der Waals surface area contributed by atoms with E-state index >= 15 is 0 Å². The molecular formula is C34H35N5O7. The lowest BCUT2D eigenvalue weighted by atomic mass is 9.97. The van der Waals surface area contributed by atoms with Crippen molar-refractivity contribution in [2.75, 3.05) is 18.4 Å². The van der Waals surface area contributed by atoms with Gasteiger partial charge in [0.1, 0.15) is 0 Å². The molecule has 1 saturated carbocycles. The molecule has 0 spiro atoms. The minimum Gasteiger partial charge on any atom is -0.478 e. The third-order valence-corrected chi connectivity index (χ3v) is 8.25. The molecule has 1 heterocycles. The van der Waals surface area contributed by atoms with Crippen LogP contribution < -0.4 is 16.0 Å². The summed E-state index contributed by atoms with van der Waals surface area (Å²) in [4.78, 5) is 71.0. The number of carboxylic acids is 2. The number of carbonyl (C=O) groups is 5. The molecular weight excluding hydrogens is 590 g/mol. The van der Waals surface area contributed by atoms with E-state index in [4.69, 9.17) is 0 Å². The van der Waals surface area contributed by atoms with Crippen LogP contribution in [0.1, 0.15) is 91.4 Å². The Hall–Kier alpha value is -5.52. The third-order valence-electron chi connectivity index (χ3n) is 8.25. The van der Waals surface area contributed by atoms with Crippen molar-refractivity contribution < 1.29 is 34.2 Å². The van der Waals surface area contributed by atoms with Crippen molar-refractivity contribution in [3.63, 3.8) is 0 Å². The van der Waals surface area contributed by atoms with E-state index in [0.29, 0.717) is 29.1 Å². The number of imidazole rings is 1. The number of nitrogens with one attached hydrogen (secondary N) is 4. The molecule has 46 heavy (non-hydrogen) atoms. The predicted molar refractivity (Wildman–Crippen MR) is 170 cm³/mol. The zero-order chi connectivity index (χ0) is 32.6. The van der Waals surface area contributed by atoms with Crippen molar-refractivity contribution >= 4 is 46.4 Å². The molecule has 3 aromatic carbocycles. The summed E-state index contributed by atoms with van der Waals surface area (Å²) >= 11 is 0. The number of fused-ring (bicyclic) bond motifs is 1. The number of hydrogen-bond acceptors (Lipinski definition) is 6. The molecule has 12 heteroatoms. The summed E-state index contributed by atoms with van der Waals surface area (Å²) in [6.07, 6.45) is 8.24. The second kappa shape index (κ2) is 14.5. The summed E-state index contributed by atoms with van der Waals surface area (Å²) < 4.78 is 0. The Kier molecular flexibility index (Phi) is 10.1. The lowest BCUT2D eigenvalue weighted by molar-refractivity contribution is -0.117. The van der Waals surface area contributed by atoms with Crippen LogP contribution in [0.3, 0.4) is 0 Å². The molecule has 6 N–H and O–H groups in total. The SMILES string of the molecule is O=C(O)c1cc(NC(=O)C(CNC(=O)c2cc3[nH]cnc3cc2C(=O)NCC2CCCCCC2)c2ccccc2)cc(C(=O)O)c1. The Labute approximate surface area is 264 Å². The van der Waals surface area contributed by atoms with Gasteiger partial charge in [-0.05, 0) is 54.7 Å². The van der Waals surface area contributed by atoms with Crippen molar-refractivity contribution in [3.05, 3.63) is 94.8 Å². The van der Waals surface area contributed by atoms with E-state index < -0.39 is 29.7 Å². The first-order chi connectivity index (χ1) is 22.2. The van der Waals surface area contributed by atoms with Crippen LogP contribution in [0.15, 0.2) is 67.0 Å². The number of hydrogen-bond donors (Lipinski definition) is 6. The summed E-state index contributed by atoms with van der Waals surface area (Å²) in [5.41, 5.74) is 1.29. The molecule has 1 aliphatic rings. The van der Waals surface area contributed by atoms with Crippen LogP contribution in [0.4, 0.5) is 5.69 Å². The number of carbonyl (C=O) groups excluding carboxylic acids is 3. The monoisotopic (exact) mass is 625 g/mol. The number of H-pyrrole nitrogens is 1. The Balaban J connectivity index is 1.36. The average Bonchev–Trinajstić information content (AvgIpc) is 3.36. The number of benzene rings is 3. The van der Waals surface area contributed by atoms with Gasteiger partial charge in [0.25, 0.3) is 11.8 Å². The van der Waals surface area contributed by atoms with Gasteiger partial charge in [-0.3, -0.25) is 14.4 Å². The summed E-state index contributed by atoms with van der Waals surface area (Å²) in [6, 6.07) is 15.1. The van der Waals surface area contributed by atoms with Crippen LogP contribution in [0.2, 0.25) is 0 Å².